The number of carbonyl (C=O) groups is 3. The molecule has 0 aromatic heterocycles. The van der Waals surface area contributed by atoms with Crippen molar-refractivity contribution in [2.45, 2.75) is 32.2 Å². The summed E-state index contributed by atoms with van der Waals surface area (Å²) in [7, 11) is 0. The van der Waals surface area contributed by atoms with Crippen molar-refractivity contribution >= 4 is 23.5 Å². The summed E-state index contributed by atoms with van der Waals surface area (Å²) in [5.74, 6) is 0.413. The molecule has 0 bridgehead atoms. The van der Waals surface area contributed by atoms with Gasteiger partial charge in [0.15, 0.2) is 11.5 Å². The number of nitrogens with zero attached hydrogens (tertiary/aromatic N) is 2. The monoisotopic (exact) mass is 388 g/mol. The first-order chi connectivity index (χ1) is 13.6. The lowest BCUT2D eigenvalue weighted by molar-refractivity contribution is -0.149. The van der Waals surface area contributed by atoms with Gasteiger partial charge in [0, 0.05) is 6.07 Å². The van der Waals surface area contributed by atoms with Crippen LogP contribution in [-0.2, 0) is 19.1 Å². The number of carbonyl (C=O) groups excluding carboxylic acids is 3. The maximum Gasteiger partial charge on any atom is 0.309 e. The summed E-state index contributed by atoms with van der Waals surface area (Å²) in [6.07, 6.45) is 1.43. The Hall–Kier alpha value is -2.61. The number of imide groups is 1. The highest BCUT2D eigenvalue weighted by Gasteiger charge is 2.44. The van der Waals surface area contributed by atoms with Crippen LogP contribution in [0.15, 0.2) is 18.2 Å². The van der Waals surface area contributed by atoms with E-state index in [1.54, 1.807) is 25.1 Å². The van der Waals surface area contributed by atoms with Crippen LogP contribution in [0.5, 0.6) is 11.5 Å². The zero-order chi connectivity index (χ0) is 19.7. The summed E-state index contributed by atoms with van der Waals surface area (Å²) in [5, 5.41) is 0. The average Bonchev–Trinajstić information content (AvgIpc) is 3.02. The highest BCUT2D eigenvalue weighted by Crippen LogP contribution is 2.36. The van der Waals surface area contributed by atoms with E-state index < -0.39 is 6.04 Å². The van der Waals surface area contributed by atoms with E-state index in [9.17, 15) is 14.4 Å². The lowest BCUT2D eigenvalue weighted by Gasteiger charge is -2.33. The predicted molar refractivity (Wildman–Crippen MR) is 99.3 cm³/mol. The van der Waals surface area contributed by atoms with Crippen LogP contribution in [0.3, 0.4) is 0 Å². The van der Waals surface area contributed by atoms with E-state index in [1.165, 1.54) is 4.90 Å². The van der Waals surface area contributed by atoms with Crippen molar-refractivity contribution in [1.29, 1.82) is 0 Å². The number of ether oxygens (including phenoxy) is 3. The summed E-state index contributed by atoms with van der Waals surface area (Å²) in [5.41, 5.74) is 0.503. The number of fused-ring (bicyclic) bond motifs is 1. The second-order valence-electron chi connectivity index (χ2n) is 7.18. The third-order valence-corrected chi connectivity index (χ3v) is 5.50. The Morgan fingerprint density at radius 3 is 2.57 bits per heavy atom. The molecule has 0 saturated carbocycles. The van der Waals surface area contributed by atoms with Gasteiger partial charge in [-0.1, -0.05) is 0 Å². The van der Waals surface area contributed by atoms with Crippen LogP contribution in [0.1, 0.15) is 26.2 Å². The van der Waals surface area contributed by atoms with Gasteiger partial charge < -0.3 is 14.2 Å². The molecule has 150 valence electrons. The van der Waals surface area contributed by atoms with Gasteiger partial charge in [0.2, 0.25) is 5.91 Å². The fraction of sp³-hybridized carbons (Fsp3) is 0.550. The number of benzene rings is 1. The van der Waals surface area contributed by atoms with Crippen molar-refractivity contribution in [3.8, 4) is 11.5 Å². The summed E-state index contributed by atoms with van der Waals surface area (Å²) in [6, 6.07) is 4.63. The second kappa shape index (κ2) is 7.79. The minimum Gasteiger partial charge on any atom is -0.486 e. The Balaban J connectivity index is 1.44. The maximum absolute atomic E-state index is 13.0. The summed E-state index contributed by atoms with van der Waals surface area (Å²) < 4.78 is 16.2. The standard InChI is InChI=1S/C20H24N2O6/c1-2-26-20(25)13-5-7-21(8-6-13)15-12-18(23)22(19(15)24)14-3-4-16-17(11-14)28-10-9-27-16/h3-4,11,13,15H,2,5-10,12H2,1H3/t15-/m0/s1. The van der Waals surface area contributed by atoms with E-state index in [4.69, 9.17) is 14.2 Å². The first kappa shape index (κ1) is 18.7. The molecule has 1 aromatic carbocycles. The fourth-order valence-corrected chi connectivity index (χ4v) is 4.05. The van der Waals surface area contributed by atoms with Crippen LogP contribution in [0.25, 0.3) is 0 Å². The minimum absolute atomic E-state index is 0.127. The average molecular weight is 388 g/mol. The van der Waals surface area contributed by atoms with Crippen LogP contribution in [0.4, 0.5) is 5.69 Å². The topological polar surface area (TPSA) is 85.4 Å². The number of piperidine rings is 1. The Labute approximate surface area is 163 Å². The van der Waals surface area contributed by atoms with Crippen molar-refractivity contribution in [2.75, 3.05) is 37.8 Å². The first-order valence-electron chi connectivity index (χ1n) is 9.75. The zero-order valence-electron chi connectivity index (χ0n) is 15.9. The van der Waals surface area contributed by atoms with Gasteiger partial charge >= 0.3 is 5.97 Å². The van der Waals surface area contributed by atoms with E-state index in [1.807, 2.05) is 4.90 Å². The van der Waals surface area contributed by atoms with Crippen molar-refractivity contribution < 1.29 is 28.6 Å². The zero-order valence-corrected chi connectivity index (χ0v) is 15.9. The van der Waals surface area contributed by atoms with Gasteiger partial charge in [-0.15, -0.1) is 0 Å². The molecule has 8 heteroatoms. The summed E-state index contributed by atoms with van der Waals surface area (Å²) >= 11 is 0. The SMILES string of the molecule is CCOC(=O)C1CCN([C@H]2CC(=O)N(c3ccc4c(c3)OCCO4)C2=O)CC1. The quantitative estimate of drug-likeness (QED) is 0.569. The molecule has 1 aromatic rings. The van der Waals surface area contributed by atoms with E-state index in [2.05, 4.69) is 0 Å². The van der Waals surface area contributed by atoms with Gasteiger partial charge in [0.25, 0.3) is 5.91 Å². The lowest BCUT2D eigenvalue weighted by Crippen LogP contribution is -2.47. The lowest BCUT2D eigenvalue weighted by atomic mass is 9.95. The van der Waals surface area contributed by atoms with Crippen molar-refractivity contribution in [1.82, 2.24) is 4.90 Å². The molecule has 2 fully saturated rings. The highest BCUT2D eigenvalue weighted by atomic mass is 16.6. The molecule has 1 atom stereocenters. The number of anilines is 1. The van der Waals surface area contributed by atoms with Crippen LogP contribution in [0, 0.1) is 5.92 Å². The molecule has 0 radical (unpaired) electrons. The highest BCUT2D eigenvalue weighted by molar-refractivity contribution is 6.22. The second-order valence-corrected chi connectivity index (χ2v) is 7.18. The van der Waals surface area contributed by atoms with E-state index in [-0.39, 0.29) is 30.1 Å². The molecule has 0 aliphatic carbocycles. The van der Waals surface area contributed by atoms with Crippen LogP contribution in [-0.4, -0.2) is 61.6 Å². The predicted octanol–water partition coefficient (Wildman–Crippen LogP) is 1.36. The molecular formula is C20H24N2O6. The maximum atomic E-state index is 13.0. The van der Waals surface area contributed by atoms with Gasteiger partial charge in [-0.2, -0.15) is 0 Å². The number of likely N-dealkylation sites (tertiary alicyclic amines) is 1. The minimum atomic E-state index is -0.483. The van der Waals surface area contributed by atoms with Crippen molar-refractivity contribution in [3.05, 3.63) is 18.2 Å². The number of hydrogen-bond donors (Lipinski definition) is 0. The molecule has 0 spiro atoms. The Kier molecular flexibility index (Phi) is 5.21. The van der Waals surface area contributed by atoms with E-state index in [0.29, 0.717) is 62.9 Å². The summed E-state index contributed by atoms with van der Waals surface area (Å²) in [4.78, 5) is 40.7. The van der Waals surface area contributed by atoms with Crippen molar-refractivity contribution in [3.63, 3.8) is 0 Å². The van der Waals surface area contributed by atoms with Gasteiger partial charge in [0.05, 0.1) is 30.7 Å². The molecule has 2 saturated heterocycles. The van der Waals surface area contributed by atoms with Crippen LogP contribution >= 0.6 is 0 Å². The first-order valence-corrected chi connectivity index (χ1v) is 9.75. The molecule has 0 unspecified atom stereocenters. The van der Waals surface area contributed by atoms with Gasteiger partial charge in [-0.3, -0.25) is 19.3 Å². The van der Waals surface area contributed by atoms with Gasteiger partial charge in [0.1, 0.15) is 13.2 Å². The molecule has 2 amide bonds. The number of hydrogen-bond acceptors (Lipinski definition) is 7. The largest absolute Gasteiger partial charge is 0.486 e. The molecule has 8 nitrogen and oxygen atoms in total. The van der Waals surface area contributed by atoms with Crippen molar-refractivity contribution in [2.24, 2.45) is 5.92 Å². The number of amides is 2. The molecule has 4 rings (SSSR count). The Morgan fingerprint density at radius 2 is 1.86 bits per heavy atom. The molecule has 3 aliphatic heterocycles. The third-order valence-electron chi connectivity index (χ3n) is 5.50. The normalized spacial score (nSPS) is 23.2. The summed E-state index contributed by atoms with van der Waals surface area (Å²) in [6.45, 7) is 4.29. The molecular weight excluding hydrogens is 364 g/mol. The van der Waals surface area contributed by atoms with Gasteiger partial charge in [-0.25, -0.2) is 4.90 Å². The molecule has 3 heterocycles. The molecule has 0 N–H and O–H groups in total. The number of rotatable bonds is 4. The smallest absolute Gasteiger partial charge is 0.309 e. The van der Waals surface area contributed by atoms with Gasteiger partial charge in [-0.05, 0) is 45.0 Å². The fourth-order valence-electron chi connectivity index (χ4n) is 4.05. The van der Waals surface area contributed by atoms with E-state index >= 15 is 0 Å². The Morgan fingerprint density at radius 1 is 1.14 bits per heavy atom. The number of esters is 1. The Bertz CT molecular complexity index is 787. The van der Waals surface area contributed by atoms with Crippen LogP contribution in [0.2, 0.25) is 0 Å². The molecule has 28 heavy (non-hydrogen) atoms. The third kappa shape index (κ3) is 3.44. The van der Waals surface area contributed by atoms with Crippen LogP contribution < -0.4 is 14.4 Å². The van der Waals surface area contributed by atoms with E-state index in [0.717, 1.165) is 0 Å². The molecule has 3 aliphatic rings.